The van der Waals surface area contributed by atoms with Gasteiger partial charge in [0.05, 0.1) is 5.56 Å². The lowest BCUT2D eigenvalue weighted by Gasteiger charge is -2.11. The van der Waals surface area contributed by atoms with Crippen molar-refractivity contribution in [1.82, 2.24) is 0 Å². The van der Waals surface area contributed by atoms with E-state index in [2.05, 4.69) is 27.9 Å². The second-order valence-electron chi connectivity index (χ2n) is 4.66. The first-order valence-corrected chi connectivity index (χ1v) is 7.20. The van der Waals surface area contributed by atoms with Gasteiger partial charge in [-0.25, -0.2) is 4.39 Å². The molecule has 1 N–H and O–H groups in total. The molecule has 1 nitrogen and oxygen atoms in total. The Morgan fingerprint density at radius 2 is 1.81 bits per heavy atom. The molecule has 0 aliphatic carbocycles. The van der Waals surface area contributed by atoms with Gasteiger partial charge >= 0.3 is 6.18 Å². The molecule has 21 heavy (non-hydrogen) atoms. The largest absolute Gasteiger partial charge is 0.416 e. The molecule has 2 aromatic carbocycles. The van der Waals surface area contributed by atoms with E-state index in [4.69, 9.17) is 0 Å². The highest BCUT2D eigenvalue weighted by Crippen LogP contribution is 2.30. The predicted octanol–water partition coefficient (Wildman–Crippen LogP) is 5.37. The second kappa shape index (κ2) is 6.21. The van der Waals surface area contributed by atoms with Crippen molar-refractivity contribution in [2.75, 3.05) is 5.32 Å². The topological polar surface area (TPSA) is 12.0 Å². The quantitative estimate of drug-likeness (QED) is 0.531. The molecule has 0 atom stereocenters. The Labute approximate surface area is 133 Å². The summed E-state index contributed by atoms with van der Waals surface area (Å²) in [5.74, 6) is -0.889. The summed E-state index contributed by atoms with van der Waals surface area (Å²) in [4.78, 5) is 0. The van der Waals surface area contributed by atoms with Crippen molar-refractivity contribution >= 4 is 28.3 Å². The first-order valence-electron chi connectivity index (χ1n) is 6.12. The van der Waals surface area contributed by atoms with E-state index in [0.717, 1.165) is 27.0 Å². The fourth-order valence-corrected chi connectivity index (χ4v) is 2.34. The maximum absolute atomic E-state index is 13.3. The summed E-state index contributed by atoms with van der Waals surface area (Å²) in [7, 11) is 0. The zero-order chi connectivity index (χ0) is 15.6. The van der Waals surface area contributed by atoms with Crippen LogP contribution in [0.5, 0.6) is 0 Å². The molecule has 0 saturated carbocycles. The molecule has 0 saturated heterocycles. The van der Waals surface area contributed by atoms with Crippen LogP contribution < -0.4 is 5.32 Å². The molecule has 6 heteroatoms. The van der Waals surface area contributed by atoms with E-state index in [1.807, 2.05) is 25.1 Å². The number of rotatable bonds is 3. The van der Waals surface area contributed by atoms with Gasteiger partial charge in [-0.05, 0) is 71.0 Å². The van der Waals surface area contributed by atoms with Crippen LogP contribution in [0.2, 0.25) is 0 Å². The minimum absolute atomic E-state index is 0.125. The Balaban J connectivity index is 2.16. The molecule has 2 aromatic rings. The van der Waals surface area contributed by atoms with Crippen molar-refractivity contribution in [3.8, 4) is 0 Å². The average Bonchev–Trinajstić information content (AvgIpc) is 2.38. The molecular formula is C15H12F4IN. The summed E-state index contributed by atoms with van der Waals surface area (Å²) in [6.45, 7) is 2.09. The van der Waals surface area contributed by atoms with Crippen LogP contribution in [0.15, 0.2) is 36.4 Å². The fourth-order valence-electron chi connectivity index (χ4n) is 1.82. The number of aryl methyl sites for hydroxylation is 1. The van der Waals surface area contributed by atoms with Crippen molar-refractivity contribution in [3.05, 3.63) is 62.5 Å². The molecule has 112 valence electrons. The molecule has 0 fully saturated rings. The van der Waals surface area contributed by atoms with Crippen LogP contribution in [0.3, 0.4) is 0 Å². The third kappa shape index (κ3) is 4.33. The molecule has 2 rings (SSSR count). The van der Waals surface area contributed by atoms with Gasteiger partial charge in [0, 0.05) is 15.8 Å². The van der Waals surface area contributed by atoms with E-state index in [0.29, 0.717) is 6.07 Å². The van der Waals surface area contributed by atoms with Gasteiger partial charge in [-0.3, -0.25) is 0 Å². The van der Waals surface area contributed by atoms with Crippen LogP contribution in [-0.4, -0.2) is 0 Å². The fraction of sp³-hybridized carbons (Fsp3) is 0.200. The first kappa shape index (κ1) is 16.1. The summed E-state index contributed by atoms with van der Waals surface area (Å²) < 4.78 is 52.2. The van der Waals surface area contributed by atoms with E-state index in [1.54, 1.807) is 0 Å². The average molecular weight is 409 g/mol. The Kier molecular flexibility index (Phi) is 4.75. The molecule has 0 aliphatic heterocycles. The molecule has 0 unspecified atom stereocenters. The highest BCUT2D eigenvalue weighted by molar-refractivity contribution is 14.1. The molecular weight excluding hydrogens is 397 g/mol. The SMILES string of the molecule is Cc1ccc(NCc2cc(F)cc(C(F)(F)F)c2)cc1I. The molecule has 0 radical (unpaired) electrons. The first-order chi connectivity index (χ1) is 9.75. The summed E-state index contributed by atoms with van der Waals surface area (Å²) in [6, 6.07) is 8.19. The van der Waals surface area contributed by atoms with Gasteiger partial charge in [-0.1, -0.05) is 6.07 Å². The van der Waals surface area contributed by atoms with Crippen LogP contribution >= 0.6 is 22.6 Å². The Bertz CT molecular complexity index is 653. The maximum atomic E-state index is 13.3. The lowest BCUT2D eigenvalue weighted by molar-refractivity contribution is -0.137. The molecule has 0 aliphatic rings. The number of halogens is 5. The monoisotopic (exact) mass is 409 g/mol. The van der Waals surface area contributed by atoms with E-state index in [1.165, 1.54) is 0 Å². The number of nitrogens with one attached hydrogen (secondary N) is 1. The number of hydrogen-bond donors (Lipinski definition) is 1. The van der Waals surface area contributed by atoms with E-state index >= 15 is 0 Å². The smallest absolute Gasteiger partial charge is 0.381 e. The van der Waals surface area contributed by atoms with Crippen LogP contribution in [0.1, 0.15) is 16.7 Å². The standard InChI is InChI=1S/C15H12F4IN/c1-9-2-3-13(7-14(9)20)21-8-10-4-11(15(17,18)19)6-12(16)5-10/h2-7,21H,8H2,1H3. The van der Waals surface area contributed by atoms with Crippen molar-refractivity contribution in [2.45, 2.75) is 19.6 Å². The van der Waals surface area contributed by atoms with Gasteiger partial charge in [0.1, 0.15) is 5.82 Å². The van der Waals surface area contributed by atoms with Gasteiger partial charge in [-0.15, -0.1) is 0 Å². The van der Waals surface area contributed by atoms with Crippen molar-refractivity contribution in [2.24, 2.45) is 0 Å². The van der Waals surface area contributed by atoms with Crippen LogP contribution in [0, 0.1) is 16.3 Å². The summed E-state index contributed by atoms with van der Waals surface area (Å²) >= 11 is 2.18. The minimum Gasteiger partial charge on any atom is -0.381 e. The zero-order valence-corrected chi connectivity index (χ0v) is 13.2. The lowest BCUT2D eigenvalue weighted by atomic mass is 10.1. The van der Waals surface area contributed by atoms with Gasteiger partial charge in [-0.2, -0.15) is 13.2 Å². The molecule has 0 aromatic heterocycles. The highest BCUT2D eigenvalue weighted by atomic mass is 127. The molecule has 0 amide bonds. The van der Waals surface area contributed by atoms with E-state index in [-0.39, 0.29) is 12.1 Å². The third-order valence-corrected chi connectivity index (χ3v) is 4.12. The van der Waals surface area contributed by atoms with Crippen molar-refractivity contribution < 1.29 is 17.6 Å². The van der Waals surface area contributed by atoms with Gasteiger partial charge in [0.2, 0.25) is 0 Å². The van der Waals surface area contributed by atoms with Crippen LogP contribution in [-0.2, 0) is 12.7 Å². The highest BCUT2D eigenvalue weighted by Gasteiger charge is 2.31. The summed E-state index contributed by atoms with van der Waals surface area (Å²) in [5.41, 5.74) is 1.17. The summed E-state index contributed by atoms with van der Waals surface area (Å²) in [6.07, 6.45) is -4.55. The van der Waals surface area contributed by atoms with Crippen molar-refractivity contribution in [1.29, 1.82) is 0 Å². The van der Waals surface area contributed by atoms with Crippen LogP contribution in [0.4, 0.5) is 23.2 Å². The number of alkyl halides is 3. The maximum Gasteiger partial charge on any atom is 0.416 e. The van der Waals surface area contributed by atoms with Gasteiger partial charge < -0.3 is 5.32 Å². The minimum atomic E-state index is -4.55. The predicted molar refractivity (Wildman–Crippen MR) is 82.6 cm³/mol. The third-order valence-electron chi connectivity index (χ3n) is 2.95. The zero-order valence-electron chi connectivity index (χ0n) is 11.1. The number of anilines is 1. The second-order valence-corrected chi connectivity index (χ2v) is 5.83. The Hall–Kier alpha value is -1.31. The molecule has 0 heterocycles. The molecule has 0 bridgehead atoms. The van der Waals surface area contributed by atoms with Gasteiger partial charge in [0.15, 0.2) is 0 Å². The Morgan fingerprint density at radius 1 is 1.10 bits per heavy atom. The van der Waals surface area contributed by atoms with Gasteiger partial charge in [0.25, 0.3) is 0 Å². The van der Waals surface area contributed by atoms with Crippen LogP contribution in [0.25, 0.3) is 0 Å². The van der Waals surface area contributed by atoms with E-state index < -0.39 is 17.6 Å². The normalized spacial score (nSPS) is 11.5. The Morgan fingerprint density at radius 3 is 2.43 bits per heavy atom. The number of hydrogen-bond acceptors (Lipinski definition) is 1. The summed E-state index contributed by atoms with van der Waals surface area (Å²) in [5, 5.41) is 3.00. The van der Waals surface area contributed by atoms with E-state index in [9.17, 15) is 17.6 Å². The van der Waals surface area contributed by atoms with Crippen molar-refractivity contribution in [3.63, 3.8) is 0 Å². The lowest BCUT2D eigenvalue weighted by Crippen LogP contribution is -2.08. The number of benzene rings is 2. The molecule has 0 spiro atoms.